The zero-order valence-corrected chi connectivity index (χ0v) is 15.8. The summed E-state index contributed by atoms with van der Waals surface area (Å²) in [6.45, 7) is 6.34. The Bertz CT molecular complexity index is 944. The van der Waals surface area contributed by atoms with Gasteiger partial charge in [0.2, 0.25) is 0 Å². The van der Waals surface area contributed by atoms with E-state index in [2.05, 4.69) is 41.5 Å². The Morgan fingerprint density at radius 1 is 1.08 bits per heavy atom. The fourth-order valence-corrected chi connectivity index (χ4v) is 4.10. The van der Waals surface area contributed by atoms with Crippen molar-refractivity contribution in [2.24, 2.45) is 7.05 Å². The minimum atomic E-state index is -0.224. The topological polar surface area (TPSA) is 21.1 Å². The first-order valence-electron chi connectivity index (χ1n) is 9.45. The molecule has 2 heterocycles. The average Bonchev–Trinajstić information content (AvgIpc) is 2.94. The second kappa shape index (κ2) is 6.84. The monoisotopic (exact) mass is 351 g/mol. The molecule has 26 heavy (non-hydrogen) atoms. The molecule has 0 aliphatic carbocycles. The van der Waals surface area contributed by atoms with Crippen LogP contribution in [0.2, 0.25) is 0 Å². The van der Waals surface area contributed by atoms with Crippen LogP contribution in [-0.2, 0) is 13.6 Å². The van der Waals surface area contributed by atoms with E-state index in [4.69, 9.17) is 4.98 Å². The number of aryl methyl sites for hydroxylation is 3. The summed E-state index contributed by atoms with van der Waals surface area (Å²) in [4.78, 5) is 7.33. The zero-order valence-electron chi connectivity index (χ0n) is 15.8. The van der Waals surface area contributed by atoms with E-state index < -0.39 is 0 Å². The van der Waals surface area contributed by atoms with Crippen molar-refractivity contribution in [3.63, 3.8) is 0 Å². The van der Waals surface area contributed by atoms with Crippen LogP contribution in [0.1, 0.15) is 47.8 Å². The van der Waals surface area contributed by atoms with Crippen molar-refractivity contribution in [3.8, 4) is 0 Å². The van der Waals surface area contributed by atoms with Gasteiger partial charge in [-0.15, -0.1) is 0 Å². The van der Waals surface area contributed by atoms with Crippen molar-refractivity contribution >= 4 is 11.0 Å². The van der Waals surface area contributed by atoms with Gasteiger partial charge in [0.05, 0.1) is 17.1 Å². The van der Waals surface area contributed by atoms with Crippen molar-refractivity contribution in [1.82, 2.24) is 14.5 Å². The highest BCUT2D eigenvalue weighted by Crippen LogP contribution is 2.33. The van der Waals surface area contributed by atoms with E-state index in [-0.39, 0.29) is 11.9 Å². The number of benzene rings is 2. The second-order valence-electron chi connectivity index (χ2n) is 7.56. The molecule has 0 N–H and O–H groups in total. The number of likely N-dealkylation sites (tertiary alicyclic amines) is 1. The van der Waals surface area contributed by atoms with Gasteiger partial charge in [0.25, 0.3) is 0 Å². The first kappa shape index (κ1) is 17.2. The third kappa shape index (κ3) is 3.14. The number of rotatable bonds is 3. The second-order valence-corrected chi connectivity index (χ2v) is 7.56. The van der Waals surface area contributed by atoms with Crippen molar-refractivity contribution in [2.75, 3.05) is 6.54 Å². The van der Waals surface area contributed by atoms with Crippen molar-refractivity contribution < 1.29 is 4.39 Å². The number of hydrogen-bond acceptors (Lipinski definition) is 2. The SMILES string of the molecule is Cc1ccc(CN2CCCCC2c2nc3cc(F)ccc3n2C)cc1C. The molecular weight excluding hydrogens is 325 g/mol. The molecule has 4 rings (SSSR count). The number of hydrogen-bond donors (Lipinski definition) is 0. The van der Waals surface area contributed by atoms with Gasteiger partial charge in [-0.2, -0.15) is 0 Å². The van der Waals surface area contributed by atoms with Gasteiger partial charge in [-0.25, -0.2) is 9.37 Å². The number of imidazole rings is 1. The van der Waals surface area contributed by atoms with Gasteiger partial charge in [0.15, 0.2) is 0 Å². The zero-order chi connectivity index (χ0) is 18.3. The third-order valence-corrected chi connectivity index (χ3v) is 5.75. The van der Waals surface area contributed by atoms with Crippen LogP contribution < -0.4 is 0 Å². The lowest BCUT2D eigenvalue weighted by Gasteiger charge is -2.35. The summed E-state index contributed by atoms with van der Waals surface area (Å²) in [6.07, 6.45) is 3.54. The normalized spacial score (nSPS) is 18.5. The maximum atomic E-state index is 13.6. The quantitative estimate of drug-likeness (QED) is 0.658. The number of nitrogens with zero attached hydrogens (tertiary/aromatic N) is 3. The molecule has 3 nitrogen and oxygen atoms in total. The summed E-state index contributed by atoms with van der Waals surface area (Å²) in [5.41, 5.74) is 5.78. The van der Waals surface area contributed by atoms with Gasteiger partial charge < -0.3 is 4.57 Å². The van der Waals surface area contributed by atoms with E-state index in [9.17, 15) is 4.39 Å². The maximum absolute atomic E-state index is 13.6. The number of piperidine rings is 1. The van der Waals surface area contributed by atoms with E-state index in [1.165, 1.54) is 41.7 Å². The Morgan fingerprint density at radius 2 is 1.92 bits per heavy atom. The molecule has 3 aromatic rings. The van der Waals surface area contributed by atoms with Crippen LogP contribution in [0, 0.1) is 19.7 Å². The van der Waals surface area contributed by atoms with Gasteiger partial charge in [0, 0.05) is 19.7 Å². The fraction of sp³-hybridized carbons (Fsp3) is 0.409. The summed E-state index contributed by atoms with van der Waals surface area (Å²) >= 11 is 0. The van der Waals surface area contributed by atoms with Crippen LogP contribution >= 0.6 is 0 Å². The van der Waals surface area contributed by atoms with E-state index in [0.29, 0.717) is 0 Å². The van der Waals surface area contributed by atoms with Crippen LogP contribution in [-0.4, -0.2) is 21.0 Å². The van der Waals surface area contributed by atoms with Crippen molar-refractivity contribution in [1.29, 1.82) is 0 Å². The predicted molar refractivity (Wildman–Crippen MR) is 104 cm³/mol. The van der Waals surface area contributed by atoms with E-state index in [0.717, 1.165) is 36.4 Å². The number of halogens is 1. The Kier molecular flexibility index (Phi) is 4.53. The molecule has 1 aliphatic heterocycles. The molecular formula is C22H26FN3. The highest BCUT2D eigenvalue weighted by Gasteiger charge is 2.28. The van der Waals surface area contributed by atoms with Crippen LogP contribution in [0.4, 0.5) is 4.39 Å². The standard InChI is InChI=1S/C22H26FN3/c1-15-7-8-17(12-16(15)2)14-26-11-5-4-6-21(26)22-24-19-13-18(23)9-10-20(19)25(22)3/h7-10,12-13,21H,4-6,11,14H2,1-3H3. The summed E-state index contributed by atoms with van der Waals surface area (Å²) in [5, 5.41) is 0. The fourth-order valence-electron chi connectivity index (χ4n) is 4.10. The lowest BCUT2D eigenvalue weighted by atomic mass is 9.99. The first-order chi connectivity index (χ1) is 12.5. The summed E-state index contributed by atoms with van der Waals surface area (Å²) in [7, 11) is 2.05. The lowest BCUT2D eigenvalue weighted by molar-refractivity contribution is 0.132. The third-order valence-electron chi connectivity index (χ3n) is 5.75. The summed E-state index contributed by atoms with van der Waals surface area (Å²) in [6, 6.07) is 11.9. The van der Waals surface area contributed by atoms with E-state index in [1.807, 2.05) is 13.1 Å². The number of aromatic nitrogens is 2. The molecule has 0 radical (unpaired) electrons. The van der Waals surface area contributed by atoms with Crippen LogP contribution in [0.15, 0.2) is 36.4 Å². The average molecular weight is 351 g/mol. The largest absolute Gasteiger partial charge is 0.330 e. The highest BCUT2D eigenvalue weighted by atomic mass is 19.1. The van der Waals surface area contributed by atoms with Crippen LogP contribution in [0.3, 0.4) is 0 Å². The minimum absolute atomic E-state index is 0.224. The van der Waals surface area contributed by atoms with Gasteiger partial charge >= 0.3 is 0 Å². The molecule has 0 spiro atoms. The van der Waals surface area contributed by atoms with Gasteiger partial charge in [-0.3, -0.25) is 4.90 Å². The molecule has 1 unspecified atom stereocenters. The Morgan fingerprint density at radius 3 is 2.73 bits per heavy atom. The van der Waals surface area contributed by atoms with E-state index >= 15 is 0 Å². The Balaban J connectivity index is 1.67. The van der Waals surface area contributed by atoms with Crippen molar-refractivity contribution in [3.05, 3.63) is 64.7 Å². The Hall–Kier alpha value is -2.20. The van der Waals surface area contributed by atoms with Crippen molar-refractivity contribution in [2.45, 2.75) is 45.7 Å². The van der Waals surface area contributed by atoms with Crippen LogP contribution in [0.5, 0.6) is 0 Å². The van der Waals surface area contributed by atoms with Crippen LogP contribution in [0.25, 0.3) is 11.0 Å². The molecule has 1 atom stereocenters. The molecule has 1 aromatic heterocycles. The van der Waals surface area contributed by atoms with Gasteiger partial charge in [0.1, 0.15) is 11.6 Å². The predicted octanol–water partition coefficient (Wildman–Crippen LogP) is 5.06. The molecule has 4 heteroatoms. The summed E-state index contributed by atoms with van der Waals surface area (Å²) < 4.78 is 15.7. The maximum Gasteiger partial charge on any atom is 0.127 e. The molecule has 1 fully saturated rings. The smallest absolute Gasteiger partial charge is 0.127 e. The molecule has 0 amide bonds. The number of fused-ring (bicyclic) bond motifs is 1. The highest BCUT2D eigenvalue weighted by molar-refractivity contribution is 5.76. The Labute approximate surface area is 154 Å². The lowest BCUT2D eigenvalue weighted by Crippen LogP contribution is -2.34. The molecule has 136 valence electrons. The molecule has 2 aromatic carbocycles. The van der Waals surface area contributed by atoms with E-state index in [1.54, 1.807) is 0 Å². The molecule has 1 aliphatic rings. The van der Waals surface area contributed by atoms with Gasteiger partial charge in [-0.1, -0.05) is 24.6 Å². The molecule has 0 bridgehead atoms. The minimum Gasteiger partial charge on any atom is -0.330 e. The first-order valence-corrected chi connectivity index (χ1v) is 9.45. The summed E-state index contributed by atoms with van der Waals surface area (Å²) in [5.74, 6) is 0.826. The van der Waals surface area contributed by atoms with Gasteiger partial charge in [-0.05, 0) is 62.1 Å². The molecule has 0 saturated carbocycles. The molecule has 1 saturated heterocycles.